The van der Waals surface area contributed by atoms with Gasteiger partial charge in [-0.2, -0.15) is 0 Å². The van der Waals surface area contributed by atoms with Gasteiger partial charge in [-0.15, -0.1) is 0 Å². The van der Waals surface area contributed by atoms with E-state index in [0.717, 1.165) is 38.5 Å². The Labute approximate surface area is 264 Å². The zero-order valence-electron chi connectivity index (χ0n) is 29.5. The van der Waals surface area contributed by atoms with E-state index in [-0.39, 0.29) is 33.4 Å². The third-order valence-electron chi connectivity index (χ3n) is 14.2. The standard InChI is InChI=1S/C38H68O5/c1-10-11-12-13-14-17-32(40)42-26-15-16-30-35(7)24-25-36(8)28(27(2)18-19-31(39)33(3,4)41)20-22-37(36,9)29(35)21-23-38(30)34(5,6)43-38/h27-31,39,41H,10-26H2,1-9H3. The van der Waals surface area contributed by atoms with Gasteiger partial charge in [-0.05, 0) is 138 Å². The van der Waals surface area contributed by atoms with Gasteiger partial charge < -0.3 is 19.7 Å². The number of esters is 1. The number of ether oxygens (including phenoxy) is 2. The number of carbonyl (C=O) groups excluding carboxylic acids is 1. The SMILES string of the molecule is CCCCCCCC(=O)OCCCC1C2(C)CCC3(C)C(C(C)CCC(O)C(C)(C)O)CCC3(C)C2CCC12OC2(C)C. The highest BCUT2D eigenvalue weighted by Gasteiger charge is 2.76. The first kappa shape index (κ1) is 35.2. The van der Waals surface area contributed by atoms with Crippen LogP contribution in [-0.2, 0) is 14.3 Å². The molecule has 3 aliphatic carbocycles. The van der Waals surface area contributed by atoms with Crippen LogP contribution in [0.25, 0.3) is 0 Å². The van der Waals surface area contributed by atoms with Crippen molar-refractivity contribution >= 4 is 5.97 Å². The monoisotopic (exact) mass is 605 g/mol. The lowest BCUT2D eigenvalue weighted by molar-refractivity contribution is -0.173. The molecule has 0 bridgehead atoms. The van der Waals surface area contributed by atoms with Crippen LogP contribution in [0.5, 0.6) is 0 Å². The van der Waals surface area contributed by atoms with Gasteiger partial charge in [0.2, 0.25) is 0 Å². The van der Waals surface area contributed by atoms with Crippen LogP contribution in [0, 0.1) is 39.9 Å². The summed E-state index contributed by atoms with van der Waals surface area (Å²) >= 11 is 0. The highest BCUT2D eigenvalue weighted by atomic mass is 16.6. The van der Waals surface area contributed by atoms with Gasteiger partial charge in [-0.1, -0.05) is 60.3 Å². The summed E-state index contributed by atoms with van der Waals surface area (Å²) in [7, 11) is 0. The van der Waals surface area contributed by atoms with Gasteiger partial charge in [0.25, 0.3) is 0 Å². The maximum absolute atomic E-state index is 12.4. The van der Waals surface area contributed by atoms with Crippen molar-refractivity contribution in [1.29, 1.82) is 0 Å². The van der Waals surface area contributed by atoms with Crippen molar-refractivity contribution in [3.63, 3.8) is 0 Å². The summed E-state index contributed by atoms with van der Waals surface area (Å²) in [4.78, 5) is 12.4. The van der Waals surface area contributed by atoms with E-state index < -0.39 is 11.7 Å². The van der Waals surface area contributed by atoms with E-state index >= 15 is 0 Å². The first-order valence-corrected chi connectivity index (χ1v) is 18.2. The molecule has 43 heavy (non-hydrogen) atoms. The second-order valence-corrected chi connectivity index (χ2v) is 17.4. The summed E-state index contributed by atoms with van der Waals surface area (Å²) in [5, 5.41) is 20.8. The minimum atomic E-state index is -1.04. The van der Waals surface area contributed by atoms with E-state index in [2.05, 4.69) is 48.5 Å². The third kappa shape index (κ3) is 6.49. The molecule has 0 amide bonds. The van der Waals surface area contributed by atoms with Crippen molar-refractivity contribution in [3.05, 3.63) is 0 Å². The van der Waals surface area contributed by atoms with Gasteiger partial charge in [0, 0.05) is 6.42 Å². The van der Waals surface area contributed by atoms with Gasteiger partial charge >= 0.3 is 5.97 Å². The van der Waals surface area contributed by atoms with Crippen molar-refractivity contribution < 1.29 is 24.5 Å². The maximum atomic E-state index is 12.4. The molecule has 0 aromatic heterocycles. The number of unbranched alkanes of at least 4 members (excludes halogenated alkanes) is 4. The predicted molar refractivity (Wildman–Crippen MR) is 175 cm³/mol. The molecule has 0 aromatic rings. The number of aliphatic hydroxyl groups excluding tert-OH is 1. The van der Waals surface area contributed by atoms with E-state index in [9.17, 15) is 15.0 Å². The van der Waals surface area contributed by atoms with Crippen molar-refractivity contribution in [1.82, 2.24) is 0 Å². The van der Waals surface area contributed by atoms with Crippen LogP contribution >= 0.6 is 0 Å². The van der Waals surface area contributed by atoms with E-state index in [1.54, 1.807) is 13.8 Å². The fraction of sp³-hybridized carbons (Fsp3) is 0.974. The first-order chi connectivity index (χ1) is 20.0. The van der Waals surface area contributed by atoms with E-state index in [1.165, 1.54) is 51.4 Å². The Balaban J connectivity index is 1.42. The second-order valence-electron chi connectivity index (χ2n) is 17.4. The number of rotatable bonds is 15. The van der Waals surface area contributed by atoms with Gasteiger partial charge in [-0.25, -0.2) is 0 Å². The number of fused-ring (bicyclic) bond motifs is 3. The molecule has 0 radical (unpaired) electrons. The molecule has 9 atom stereocenters. The fourth-order valence-corrected chi connectivity index (χ4v) is 11.2. The van der Waals surface area contributed by atoms with Crippen LogP contribution in [-0.4, -0.2) is 45.7 Å². The number of hydrogen-bond donors (Lipinski definition) is 2. The van der Waals surface area contributed by atoms with E-state index in [1.807, 2.05) is 0 Å². The van der Waals surface area contributed by atoms with Crippen molar-refractivity contribution in [2.24, 2.45) is 39.9 Å². The average molecular weight is 605 g/mol. The molecule has 2 N–H and O–H groups in total. The Hall–Kier alpha value is -0.650. The van der Waals surface area contributed by atoms with Crippen molar-refractivity contribution in [3.8, 4) is 0 Å². The molecule has 250 valence electrons. The smallest absolute Gasteiger partial charge is 0.305 e. The average Bonchev–Trinajstić information content (AvgIpc) is 3.34. The fourth-order valence-electron chi connectivity index (χ4n) is 11.2. The molecule has 4 aliphatic rings. The molecule has 1 aliphatic heterocycles. The molecule has 4 fully saturated rings. The van der Waals surface area contributed by atoms with Crippen LogP contribution in [0.4, 0.5) is 0 Å². The Kier molecular flexibility index (Phi) is 10.5. The topological polar surface area (TPSA) is 79.3 Å². The van der Waals surface area contributed by atoms with Crippen LogP contribution < -0.4 is 0 Å². The van der Waals surface area contributed by atoms with Crippen LogP contribution in [0.3, 0.4) is 0 Å². The highest BCUT2D eigenvalue weighted by Crippen LogP contribution is 2.77. The molecule has 3 saturated carbocycles. The lowest BCUT2D eigenvalue weighted by Crippen LogP contribution is -2.61. The molecule has 1 saturated heterocycles. The second kappa shape index (κ2) is 12.9. The molecule has 1 spiro atoms. The molecular formula is C38H68O5. The van der Waals surface area contributed by atoms with Gasteiger partial charge in [-0.3, -0.25) is 4.79 Å². The summed E-state index contributed by atoms with van der Waals surface area (Å²) in [5.41, 5.74) is -0.354. The molecule has 5 heteroatoms. The zero-order valence-corrected chi connectivity index (χ0v) is 29.5. The number of aliphatic hydroxyl groups is 2. The Bertz CT molecular complexity index is 954. The Morgan fingerprint density at radius 1 is 0.930 bits per heavy atom. The molecule has 5 nitrogen and oxygen atoms in total. The minimum absolute atomic E-state index is 0.0240. The summed E-state index contributed by atoms with van der Waals surface area (Å²) in [6, 6.07) is 0. The number of carbonyl (C=O) groups is 1. The van der Waals surface area contributed by atoms with Crippen LogP contribution in [0.2, 0.25) is 0 Å². The molecule has 0 aromatic carbocycles. The molecular weight excluding hydrogens is 536 g/mol. The normalized spacial score (nSPS) is 39.7. The quantitative estimate of drug-likeness (QED) is 0.111. The van der Waals surface area contributed by atoms with Crippen molar-refractivity contribution in [2.45, 2.75) is 188 Å². The Morgan fingerprint density at radius 2 is 1.60 bits per heavy atom. The lowest BCUT2D eigenvalue weighted by Gasteiger charge is -2.65. The maximum Gasteiger partial charge on any atom is 0.305 e. The minimum Gasteiger partial charge on any atom is -0.466 e. The van der Waals surface area contributed by atoms with E-state index in [4.69, 9.17) is 9.47 Å². The lowest BCUT2D eigenvalue weighted by atomic mass is 9.39. The van der Waals surface area contributed by atoms with Gasteiger partial charge in [0.15, 0.2) is 0 Å². The van der Waals surface area contributed by atoms with Crippen LogP contribution in [0.15, 0.2) is 0 Å². The largest absolute Gasteiger partial charge is 0.466 e. The Morgan fingerprint density at radius 3 is 2.23 bits per heavy atom. The third-order valence-corrected chi connectivity index (χ3v) is 14.2. The van der Waals surface area contributed by atoms with Crippen molar-refractivity contribution in [2.75, 3.05) is 6.61 Å². The first-order valence-electron chi connectivity index (χ1n) is 18.2. The molecule has 9 unspecified atom stereocenters. The predicted octanol–water partition coefficient (Wildman–Crippen LogP) is 9.01. The number of epoxide rings is 1. The van der Waals surface area contributed by atoms with Gasteiger partial charge in [0.05, 0.1) is 23.9 Å². The highest BCUT2D eigenvalue weighted by molar-refractivity contribution is 5.69. The summed E-state index contributed by atoms with van der Waals surface area (Å²) in [6.45, 7) is 21.0. The summed E-state index contributed by atoms with van der Waals surface area (Å²) in [5.74, 6) is 2.32. The summed E-state index contributed by atoms with van der Waals surface area (Å²) in [6.07, 6.45) is 16.7. The van der Waals surface area contributed by atoms with Gasteiger partial charge in [0.1, 0.15) is 5.60 Å². The molecule has 4 rings (SSSR count). The number of hydrogen-bond acceptors (Lipinski definition) is 5. The van der Waals surface area contributed by atoms with E-state index in [0.29, 0.717) is 43.1 Å². The molecule has 1 heterocycles. The van der Waals surface area contributed by atoms with Crippen LogP contribution in [0.1, 0.15) is 165 Å². The summed E-state index contributed by atoms with van der Waals surface area (Å²) < 4.78 is 12.4. The zero-order chi connectivity index (χ0) is 31.9.